The van der Waals surface area contributed by atoms with E-state index in [1.54, 1.807) is 18.5 Å². The number of hydrogen-bond acceptors (Lipinski definition) is 5. The zero-order valence-electron chi connectivity index (χ0n) is 9.94. The molecule has 0 saturated carbocycles. The topological polar surface area (TPSA) is 60.2 Å². The SMILES string of the molecule is CCOc1cc(NCc2cscn2)c(N)cc1F. The molecule has 96 valence electrons. The van der Waals surface area contributed by atoms with Crippen LogP contribution in [0.3, 0.4) is 0 Å². The summed E-state index contributed by atoms with van der Waals surface area (Å²) in [5.74, 6) is -0.249. The summed E-state index contributed by atoms with van der Waals surface area (Å²) >= 11 is 1.53. The predicted octanol–water partition coefficient (Wildman–Crippen LogP) is 2.88. The molecule has 0 amide bonds. The van der Waals surface area contributed by atoms with Crippen LogP contribution >= 0.6 is 11.3 Å². The average Bonchev–Trinajstić information content (AvgIpc) is 2.84. The first kappa shape index (κ1) is 12.6. The van der Waals surface area contributed by atoms with Crippen molar-refractivity contribution in [2.45, 2.75) is 13.5 Å². The molecule has 0 radical (unpaired) electrons. The minimum absolute atomic E-state index is 0.201. The van der Waals surface area contributed by atoms with E-state index in [0.29, 0.717) is 24.5 Å². The van der Waals surface area contributed by atoms with Crippen LogP contribution in [-0.4, -0.2) is 11.6 Å². The fourth-order valence-electron chi connectivity index (χ4n) is 1.50. The van der Waals surface area contributed by atoms with Gasteiger partial charge in [-0.1, -0.05) is 0 Å². The lowest BCUT2D eigenvalue weighted by molar-refractivity contribution is 0.322. The molecule has 4 nitrogen and oxygen atoms in total. The first-order valence-electron chi connectivity index (χ1n) is 5.53. The molecule has 2 aromatic rings. The summed E-state index contributed by atoms with van der Waals surface area (Å²) in [7, 11) is 0. The molecule has 6 heteroatoms. The number of halogens is 1. The van der Waals surface area contributed by atoms with Gasteiger partial charge in [0.2, 0.25) is 0 Å². The highest BCUT2D eigenvalue weighted by atomic mass is 32.1. The zero-order chi connectivity index (χ0) is 13.0. The lowest BCUT2D eigenvalue weighted by atomic mass is 10.2. The number of thiazole rings is 1. The van der Waals surface area contributed by atoms with Crippen LogP contribution in [0.4, 0.5) is 15.8 Å². The van der Waals surface area contributed by atoms with Gasteiger partial charge >= 0.3 is 0 Å². The van der Waals surface area contributed by atoms with Gasteiger partial charge in [0.1, 0.15) is 0 Å². The van der Waals surface area contributed by atoms with Crippen molar-refractivity contribution in [3.8, 4) is 5.75 Å². The Bertz CT molecular complexity index is 516. The Morgan fingerprint density at radius 2 is 2.33 bits per heavy atom. The number of nitrogens with one attached hydrogen (secondary N) is 1. The van der Waals surface area contributed by atoms with Gasteiger partial charge < -0.3 is 15.8 Å². The largest absolute Gasteiger partial charge is 0.491 e. The van der Waals surface area contributed by atoms with Crippen molar-refractivity contribution in [2.24, 2.45) is 0 Å². The third kappa shape index (κ3) is 2.89. The van der Waals surface area contributed by atoms with Gasteiger partial charge in [-0.25, -0.2) is 9.37 Å². The molecular weight excluding hydrogens is 253 g/mol. The third-order valence-corrected chi connectivity index (χ3v) is 2.98. The summed E-state index contributed by atoms with van der Waals surface area (Å²) in [5, 5.41) is 5.05. The first-order chi connectivity index (χ1) is 8.70. The fourth-order valence-corrected chi connectivity index (χ4v) is 2.06. The Morgan fingerprint density at radius 1 is 1.50 bits per heavy atom. The molecule has 0 bridgehead atoms. The van der Waals surface area contributed by atoms with E-state index in [4.69, 9.17) is 10.5 Å². The Labute approximate surface area is 109 Å². The van der Waals surface area contributed by atoms with Crippen LogP contribution in [0, 0.1) is 5.82 Å². The van der Waals surface area contributed by atoms with Gasteiger partial charge in [-0.05, 0) is 6.92 Å². The molecule has 0 saturated heterocycles. The van der Waals surface area contributed by atoms with Crippen molar-refractivity contribution >= 4 is 22.7 Å². The lowest BCUT2D eigenvalue weighted by Gasteiger charge is -2.11. The van der Waals surface area contributed by atoms with Gasteiger partial charge in [0.25, 0.3) is 0 Å². The molecule has 0 aliphatic rings. The molecule has 1 aromatic carbocycles. The second-order valence-electron chi connectivity index (χ2n) is 3.64. The highest BCUT2D eigenvalue weighted by Crippen LogP contribution is 2.28. The maximum atomic E-state index is 13.5. The number of nitrogens with zero attached hydrogens (tertiary/aromatic N) is 1. The van der Waals surface area contributed by atoms with Crippen LogP contribution in [0.5, 0.6) is 5.75 Å². The quantitative estimate of drug-likeness (QED) is 0.818. The van der Waals surface area contributed by atoms with Gasteiger partial charge in [-0.15, -0.1) is 11.3 Å². The van der Waals surface area contributed by atoms with Crippen molar-refractivity contribution in [1.29, 1.82) is 0 Å². The molecule has 2 rings (SSSR count). The minimum Gasteiger partial charge on any atom is -0.491 e. The van der Waals surface area contributed by atoms with E-state index in [-0.39, 0.29) is 5.75 Å². The van der Waals surface area contributed by atoms with E-state index >= 15 is 0 Å². The minimum atomic E-state index is -0.450. The van der Waals surface area contributed by atoms with Crippen molar-refractivity contribution in [2.75, 3.05) is 17.7 Å². The second-order valence-corrected chi connectivity index (χ2v) is 4.35. The molecule has 0 fully saturated rings. The van der Waals surface area contributed by atoms with E-state index < -0.39 is 5.82 Å². The number of ether oxygens (including phenoxy) is 1. The van der Waals surface area contributed by atoms with E-state index in [2.05, 4.69) is 10.3 Å². The lowest BCUT2D eigenvalue weighted by Crippen LogP contribution is -2.04. The summed E-state index contributed by atoms with van der Waals surface area (Å²) in [6.45, 7) is 2.76. The second kappa shape index (κ2) is 5.68. The van der Waals surface area contributed by atoms with Crippen LogP contribution in [0.1, 0.15) is 12.6 Å². The molecule has 3 N–H and O–H groups in total. The maximum absolute atomic E-state index is 13.5. The summed E-state index contributed by atoms with van der Waals surface area (Å²) < 4.78 is 18.7. The van der Waals surface area contributed by atoms with Crippen molar-refractivity contribution < 1.29 is 9.13 Å². The molecule has 0 spiro atoms. The number of benzene rings is 1. The van der Waals surface area contributed by atoms with Crippen LogP contribution in [0.25, 0.3) is 0 Å². The summed E-state index contributed by atoms with van der Waals surface area (Å²) in [6.07, 6.45) is 0. The third-order valence-electron chi connectivity index (χ3n) is 2.35. The van der Waals surface area contributed by atoms with Crippen LogP contribution in [0.15, 0.2) is 23.0 Å². The van der Waals surface area contributed by atoms with Crippen molar-refractivity contribution in [1.82, 2.24) is 4.98 Å². The zero-order valence-corrected chi connectivity index (χ0v) is 10.8. The normalized spacial score (nSPS) is 10.3. The molecule has 1 heterocycles. The fraction of sp³-hybridized carbons (Fsp3) is 0.250. The molecule has 0 atom stereocenters. The van der Waals surface area contributed by atoms with Crippen molar-refractivity contribution in [3.05, 3.63) is 34.5 Å². The van der Waals surface area contributed by atoms with Gasteiger partial charge in [0.15, 0.2) is 11.6 Å². The molecule has 0 aliphatic heterocycles. The average molecular weight is 267 g/mol. The molecule has 18 heavy (non-hydrogen) atoms. The van der Waals surface area contributed by atoms with E-state index in [9.17, 15) is 4.39 Å². The van der Waals surface area contributed by atoms with Gasteiger partial charge in [-0.2, -0.15) is 0 Å². The molecule has 0 aliphatic carbocycles. The number of nitrogens with two attached hydrogens (primary N) is 1. The first-order valence-corrected chi connectivity index (χ1v) is 6.47. The van der Waals surface area contributed by atoms with Gasteiger partial charge in [-0.3, -0.25) is 0 Å². The summed E-state index contributed by atoms with van der Waals surface area (Å²) in [4.78, 5) is 4.15. The smallest absolute Gasteiger partial charge is 0.167 e. The number of rotatable bonds is 5. The molecule has 0 unspecified atom stereocenters. The monoisotopic (exact) mass is 267 g/mol. The summed E-state index contributed by atoms with van der Waals surface area (Å²) in [5.41, 5.74) is 9.43. The van der Waals surface area contributed by atoms with E-state index in [1.165, 1.54) is 17.4 Å². The van der Waals surface area contributed by atoms with E-state index in [0.717, 1.165) is 5.69 Å². The van der Waals surface area contributed by atoms with Crippen LogP contribution in [0.2, 0.25) is 0 Å². The Balaban J connectivity index is 2.13. The predicted molar refractivity (Wildman–Crippen MR) is 71.4 cm³/mol. The Morgan fingerprint density at radius 3 is 3.00 bits per heavy atom. The number of anilines is 2. The van der Waals surface area contributed by atoms with Gasteiger partial charge in [0, 0.05) is 17.5 Å². The molecule has 1 aromatic heterocycles. The molecular formula is C12H14FN3OS. The maximum Gasteiger partial charge on any atom is 0.167 e. The number of hydrogen-bond donors (Lipinski definition) is 2. The Hall–Kier alpha value is -1.82. The number of aromatic nitrogens is 1. The highest BCUT2D eigenvalue weighted by Gasteiger charge is 2.09. The van der Waals surface area contributed by atoms with Crippen LogP contribution in [-0.2, 0) is 6.54 Å². The van der Waals surface area contributed by atoms with Crippen LogP contribution < -0.4 is 15.8 Å². The van der Waals surface area contributed by atoms with E-state index in [1.807, 2.05) is 5.38 Å². The standard InChI is InChI=1S/C12H14FN3OS/c1-2-17-12-4-11(10(14)3-9(12)13)15-5-8-6-18-7-16-8/h3-4,6-7,15H,2,5,14H2,1H3. The van der Waals surface area contributed by atoms with Gasteiger partial charge in [0.05, 0.1) is 35.7 Å². The number of nitrogen functional groups attached to an aromatic ring is 1. The van der Waals surface area contributed by atoms with Crippen molar-refractivity contribution in [3.63, 3.8) is 0 Å². The highest BCUT2D eigenvalue weighted by molar-refractivity contribution is 7.07. The summed E-state index contributed by atoms with van der Waals surface area (Å²) in [6, 6.07) is 2.83. The Kier molecular flexibility index (Phi) is 3.99.